The smallest absolute Gasteiger partial charge is 0.345 e. The molecule has 1 aliphatic heterocycles. The van der Waals surface area contributed by atoms with Crippen LogP contribution in [0.15, 0.2) is 18.2 Å². The monoisotopic (exact) mass is 285 g/mol. The lowest BCUT2D eigenvalue weighted by molar-refractivity contribution is -0.385. The van der Waals surface area contributed by atoms with Crippen LogP contribution in [0.2, 0.25) is 5.02 Å². The third-order valence-corrected chi connectivity index (χ3v) is 3.03. The second-order valence-corrected chi connectivity index (χ2v) is 4.59. The molecule has 1 aliphatic rings. The van der Waals surface area contributed by atoms with Crippen LogP contribution in [0.1, 0.15) is 23.2 Å². The van der Waals surface area contributed by atoms with E-state index >= 15 is 0 Å². The maximum Gasteiger partial charge on any atom is 0.345 e. The van der Waals surface area contributed by atoms with Gasteiger partial charge in [0.25, 0.3) is 5.69 Å². The van der Waals surface area contributed by atoms with Crippen molar-refractivity contribution in [2.24, 2.45) is 0 Å². The van der Waals surface area contributed by atoms with E-state index in [1.807, 2.05) is 0 Å². The molecule has 0 amide bonds. The predicted octanol–water partition coefficient (Wildman–Crippen LogP) is 2.58. The molecular weight excluding hydrogens is 274 g/mol. The molecule has 7 heteroatoms. The Labute approximate surface area is 114 Å². The summed E-state index contributed by atoms with van der Waals surface area (Å²) in [5, 5.41) is 11.1. The van der Waals surface area contributed by atoms with Crippen LogP contribution in [-0.2, 0) is 9.47 Å². The van der Waals surface area contributed by atoms with Gasteiger partial charge in [0, 0.05) is 17.7 Å². The summed E-state index contributed by atoms with van der Waals surface area (Å²) in [6.07, 6.45) is 1.63. The van der Waals surface area contributed by atoms with Crippen molar-refractivity contribution in [1.82, 2.24) is 0 Å². The third-order valence-electron chi connectivity index (χ3n) is 2.80. The van der Waals surface area contributed by atoms with E-state index in [0.717, 1.165) is 12.8 Å². The Kier molecular flexibility index (Phi) is 4.34. The Hall–Kier alpha value is -1.66. The first kappa shape index (κ1) is 13.8. The lowest BCUT2D eigenvalue weighted by Gasteiger charge is -2.10. The largest absolute Gasteiger partial charge is 0.459 e. The van der Waals surface area contributed by atoms with E-state index in [0.29, 0.717) is 6.61 Å². The molecular formula is C12H12ClNO5. The summed E-state index contributed by atoms with van der Waals surface area (Å²) in [5.74, 6) is -0.760. The van der Waals surface area contributed by atoms with Gasteiger partial charge in [-0.2, -0.15) is 0 Å². The van der Waals surface area contributed by atoms with Crippen LogP contribution in [0, 0.1) is 10.1 Å². The molecule has 1 aromatic rings. The summed E-state index contributed by atoms with van der Waals surface area (Å²) in [6, 6.07) is 3.78. The molecule has 0 spiro atoms. The molecule has 102 valence electrons. The number of nitro groups is 1. The van der Waals surface area contributed by atoms with Crippen LogP contribution in [0.4, 0.5) is 5.69 Å². The molecule has 2 rings (SSSR count). The number of nitrogens with zero attached hydrogens (tertiary/aromatic N) is 1. The van der Waals surface area contributed by atoms with Gasteiger partial charge < -0.3 is 9.47 Å². The number of halogens is 1. The van der Waals surface area contributed by atoms with E-state index in [2.05, 4.69) is 0 Å². The SMILES string of the molecule is O=C(OC[C@H]1CCCO1)c1cc(Cl)ccc1[N+](=O)[O-]. The first-order valence-corrected chi connectivity index (χ1v) is 6.18. The number of nitro benzene ring substituents is 1. The number of benzene rings is 1. The topological polar surface area (TPSA) is 78.7 Å². The van der Waals surface area contributed by atoms with Crippen LogP contribution in [0.3, 0.4) is 0 Å². The van der Waals surface area contributed by atoms with Crippen LogP contribution in [0.5, 0.6) is 0 Å². The van der Waals surface area contributed by atoms with E-state index in [9.17, 15) is 14.9 Å². The average molecular weight is 286 g/mol. The highest BCUT2D eigenvalue weighted by molar-refractivity contribution is 6.31. The van der Waals surface area contributed by atoms with E-state index in [-0.39, 0.29) is 29.0 Å². The molecule has 0 unspecified atom stereocenters. The molecule has 0 N–H and O–H groups in total. The normalized spacial score (nSPS) is 18.3. The summed E-state index contributed by atoms with van der Waals surface area (Å²) in [6.45, 7) is 0.752. The van der Waals surface area contributed by atoms with E-state index in [1.165, 1.54) is 18.2 Å². The van der Waals surface area contributed by atoms with Crippen molar-refractivity contribution >= 4 is 23.3 Å². The van der Waals surface area contributed by atoms with Gasteiger partial charge in [0.1, 0.15) is 12.2 Å². The summed E-state index contributed by atoms with van der Waals surface area (Å²) < 4.78 is 10.3. The van der Waals surface area contributed by atoms with Gasteiger partial charge >= 0.3 is 5.97 Å². The number of hydrogen-bond donors (Lipinski definition) is 0. The number of carbonyl (C=O) groups is 1. The van der Waals surface area contributed by atoms with Crippen molar-refractivity contribution in [2.45, 2.75) is 18.9 Å². The molecule has 0 aromatic heterocycles. The average Bonchev–Trinajstić information content (AvgIpc) is 2.88. The second kappa shape index (κ2) is 5.99. The second-order valence-electron chi connectivity index (χ2n) is 4.15. The number of hydrogen-bond acceptors (Lipinski definition) is 5. The van der Waals surface area contributed by atoms with Gasteiger partial charge in [-0.3, -0.25) is 10.1 Å². The fourth-order valence-corrected chi connectivity index (χ4v) is 2.03. The van der Waals surface area contributed by atoms with Crippen LogP contribution in [-0.4, -0.2) is 30.2 Å². The molecule has 1 saturated heterocycles. The molecule has 1 aromatic carbocycles. The Morgan fingerprint density at radius 2 is 2.37 bits per heavy atom. The summed E-state index contributed by atoms with van der Waals surface area (Å²) in [5.41, 5.74) is -0.461. The van der Waals surface area contributed by atoms with Crippen molar-refractivity contribution in [3.8, 4) is 0 Å². The van der Waals surface area contributed by atoms with Crippen molar-refractivity contribution in [3.63, 3.8) is 0 Å². The molecule has 1 heterocycles. The van der Waals surface area contributed by atoms with E-state index in [4.69, 9.17) is 21.1 Å². The van der Waals surface area contributed by atoms with Gasteiger partial charge in [-0.1, -0.05) is 11.6 Å². The minimum absolute atomic E-state index is 0.0997. The molecule has 0 bridgehead atoms. The van der Waals surface area contributed by atoms with Gasteiger partial charge in [0.15, 0.2) is 0 Å². The summed E-state index contributed by atoms with van der Waals surface area (Å²) >= 11 is 5.74. The molecule has 1 fully saturated rings. The lowest BCUT2D eigenvalue weighted by Crippen LogP contribution is -2.18. The van der Waals surface area contributed by atoms with Crippen molar-refractivity contribution in [2.75, 3.05) is 13.2 Å². The van der Waals surface area contributed by atoms with Crippen LogP contribution < -0.4 is 0 Å². The van der Waals surface area contributed by atoms with Crippen molar-refractivity contribution < 1.29 is 19.2 Å². The molecule has 19 heavy (non-hydrogen) atoms. The Morgan fingerprint density at radius 3 is 3.00 bits per heavy atom. The first-order valence-electron chi connectivity index (χ1n) is 5.80. The fraction of sp³-hybridized carbons (Fsp3) is 0.417. The third kappa shape index (κ3) is 3.42. The minimum Gasteiger partial charge on any atom is -0.459 e. The van der Waals surface area contributed by atoms with Gasteiger partial charge in [-0.15, -0.1) is 0 Å². The highest BCUT2D eigenvalue weighted by Crippen LogP contribution is 2.24. The Bertz CT molecular complexity index is 499. The first-order chi connectivity index (χ1) is 9.08. The van der Waals surface area contributed by atoms with Crippen molar-refractivity contribution in [1.29, 1.82) is 0 Å². The predicted molar refractivity (Wildman–Crippen MR) is 67.4 cm³/mol. The zero-order chi connectivity index (χ0) is 13.8. The summed E-state index contributed by atoms with van der Waals surface area (Å²) in [7, 11) is 0. The molecule has 0 radical (unpaired) electrons. The zero-order valence-corrected chi connectivity index (χ0v) is 10.8. The zero-order valence-electron chi connectivity index (χ0n) is 10.0. The Morgan fingerprint density at radius 1 is 1.58 bits per heavy atom. The van der Waals surface area contributed by atoms with Crippen molar-refractivity contribution in [3.05, 3.63) is 38.9 Å². The van der Waals surface area contributed by atoms with E-state index in [1.54, 1.807) is 0 Å². The molecule has 0 aliphatic carbocycles. The summed E-state index contributed by atoms with van der Waals surface area (Å²) in [4.78, 5) is 22.0. The number of ether oxygens (including phenoxy) is 2. The molecule has 0 saturated carbocycles. The number of carbonyl (C=O) groups excluding carboxylic acids is 1. The van der Waals surface area contributed by atoms with Gasteiger partial charge in [-0.25, -0.2) is 4.79 Å². The van der Waals surface area contributed by atoms with Gasteiger partial charge in [-0.05, 0) is 25.0 Å². The van der Waals surface area contributed by atoms with Gasteiger partial charge in [0.05, 0.1) is 11.0 Å². The van der Waals surface area contributed by atoms with Gasteiger partial charge in [0.2, 0.25) is 0 Å². The molecule has 6 nitrogen and oxygen atoms in total. The Balaban J connectivity index is 2.08. The van der Waals surface area contributed by atoms with Crippen LogP contribution >= 0.6 is 11.6 Å². The highest BCUT2D eigenvalue weighted by Gasteiger charge is 2.24. The number of esters is 1. The maximum atomic E-state index is 11.8. The highest BCUT2D eigenvalue weighted by atomic mass is 35.5. The molecule has 1 atom stereocenters. The maximum absolute atomic E-state index is 11.8. The minimum atomic E-state index is -0.760. The fourth-order valence-electron chi connectivity index (χ4n) is 1.85. The lowest BCUT2D eigenvalue weighted by atomic mass is 10.2. The van der Waals surface area contributed by atoms with E-state index < -0.39 is 10.9 Å². The van der Waals surface area contributed by atoms with Crippen LogP contribution in [0.25, 0.3) is 0 Å². The quantitative estimate of drug-likeness (QED) is 0.482. The number of rotatable bonds is 4. The standard InChI is InChI=1S/C12H12ClNO5/c13-8-3-4-11(14(16)17)10(6-8)12(15)19-7-9-2-1-5-18-9/h3-4,6,9H,1-2,5,7H2/t9-/m1/s1.